The third kappa shape index (κ3) is 4.62. The molecule has 7 heteroatoms. The lowest BCUT2D eigenvalue weighted by Gasteiger charge is -2.36. The second-order valence-corrected chi connectivity index (χ2v) is 6.51. The summed E-state index contributed by atoms with van der Waals surface area (Å²) >= 11 is 0. The van der Waals surface area contributed by atoms with Crippen molar-refractivity contribution in [1.29, 1.82) is 0 Å². The van der Waals surface area contributed by atoms with Crippen LogP contribution in [0.15, 0.2) is 48.5 Å². The van der Waals surface area contributed by atoms with E-state index in [4.69, 9.17) is 4.74 Å². The number of nitrogens with zero attached hydrogens (tertiary/aromatic N) is 3. The Morgan fingerprint density at radius 2 is 1.81 bits per heavy atom. The van der Waals surface area contributed by atoms with Gasteiger partial charge in [-0.05, 0) is 18.1 Å². The molecule has 1 fully saturated rings. The zero-order valence-electron chi connectivity index (χ0n) is 15.3. The number of methoxy groups -OCH3 is 1. The molecule has 0 bridgehead atoms. The number of carbonyl (C=O) groups is 1. The van der Waals surface area contributed by atoms with Gasteiger partial charge in [0.05, 0.1) is 23.3 Å². The highest BCUT2D eigenvalue weighted by molar-refractivity contribution is 5.96. The van der Waals surface area contributed by atoms with Crippen LogP contribution in [-0.2, 0) is 11.2 Å². The van der Waals surface area contributed by atoms with E-state index in [1.165, 1.54) is 24.8 Å². The highest BCUT2D eigenvalue weighted by Gasteiger charge is 2.24. The number of nitro benzene ring substituents is 1. The van der Waals surface area contributed by atoms with Gasteiger partial charge in [0.1, 0.15) is 0 Å². The number of hydrogen-bond acceptors (Lipinski definition) is 6. The molecular weight excluding hydrogens is 346 g/mol. The molecule has 0 unspecified atom stereocenters. The summed E-state index contributed by atoms with van der Waals surface area (Å²) in [5.41, 5.74) is 2.14. The van der Waals surface area contributed by atoms with Crippen LogP contribution in [0.1, 0.15) is 15.9 Å². The van der Waals surface area contributed by atoms with Crippen LogP contribution < -0.4 is 4.90 Å². The van der Waals surface area contributed by atoms with Gasteiger partial charge in [0.25, 0.3) is 5.69 Å². The van der Waals surface area contributed by atoms with Gasteiger partial charge in [-0.3, -0.25) is 15.0 Å². The van der Waals surface area contributed by atoms with Crippen molar-refractivity contribution < 1.29 is 14.5 Å². The molecule has 3 rings (SSSR count). The van der Waals surface area contributed by atoms with E-state index in [1.807, 2.05) is 6.07 Å². The number of carbonyl (C=O) groups excluding carboxylic acids is 1. The first-order valence-electron chi connectivity index (χ1n) is 8.96. The van der Waals surface area contributed by atoms with E-state index < -0.39 is 10.9 Å². The first-order chi connectivity index (χ1) is 13.1. The Morgan fingerprint density at radius 3 is 2.44 bits per heavy atom. The van der Waals surface area contributed by atoms with Crippen molar-refractivity contribution in [3.8, 4) is 0 Å². The molecule has 1 aliphatic heterocycles. The number of benzene rings is 2. The quantitative estimate of drug-likeness (QED) is 0.443. The summed E-state index contributed by atoms with van der Waals surface area (Å²) in [4.78, 5) is 27.1. The van der Waals surface area contributed by atoms with E-state index >= 15 is 0 Å². The molecule has 27 heavy (non-hydrogen) atoms. The summed E-state index contributed by atoms with van der Waals surface area (Å²) in [5.74, 6) is -0.555. The minimum Gasteiger partial charge on any atom is -0.465 e. The Morgan fingerprint density at radius 1 is 1.11 bits per heavy atom. The summed E-state index contributed by atoms with van der Waals surface area (Å²) in [7, 11) is 1.28. The monoisotopic (exact) mass is 369 g/mol. The molecule has 0 atom stereocenters. The number of non-ortho nitro benzene ring substituents is 1. The van der Waals surface area contributed by atoms with Crippen LogP contribution in [0.4, 0.5) is 11.4 Å². The zero-order chi connectivity index (χ0) is 19.2. The van der Waals surface area contributed by atoms with Crippen LogP contribution in [0.25, 0.3) is 0 Å². The van der Waals surface area contributed by atoms with Crippen molar-refractivity contribution in [2.24, 2.45) is 0 Å². The predicted molar refractivity (Wildman–Crippen MR) is 103 cm³/mol. The van der Waals surface area contributed by atoms with Crippen molar-refractivity contribution in [1.82, 2.24) is 4.90 Å². The fourth-order valence-electron chi connectivity index (χ4n) is 3.33. The Hall–Kier alpha value is -2.93. The van der Waals surface area contributed by atoms with Gasteiger partial charge in [-0.2, -0.15) is 0 Å². The highest BCUT2D eigenvalue weighted by Crippen LogP contribution is 2.27. The number of nitro groups is 1. The van der Waals surface area contributed by atoms with Crippen LogP contribution in [-0.4, -0.2) is 55.6 Å². The summed E-state index contributed by atoms with van der Waals surface area (Å²) in [5, 5.41) is 11.0. The minimum atomic E-state index is -0.555. The Kier molecular flexibility index (Phi) is 6.03. The summed E-state index contributed by atoms with van der Waals surface area (Å²) < 4.78 is 4.81. The van der Waals surface area contributed by atoms with E-state index in [1.54, 1.807) is 6.07 Å². The molecule has 0 spiro atoms. The van der Waals surface area contributed by atoms with E-state index in [2.05, 4.69) is 34.1 Å². The lowest BCUT2D eigenvalue weighted by atomic mass is 10.1. The van der Waals surface area contributed by atoms with Gasteiger partial charge in [-0.1, -0.05) is 30.3 Å². The number of piperazine rings is 1. The van der Waals surface area contributed by atoms with Crippen LogP contribution >= 0.6 is 0 Å². The largest absolute Gasteiger partial charge is 0.465 e. The average Bonchev–Trinajstić information content (AvgIpc) is 2.72. The van der Waals surface area contributed by atoms with Gasteiger partial charge >= 0.3 is 5.97 Å². The van der Waals surface area contributed by atoms with Crippen molar-refractivity contribution in [2.75, 3.05) is 44.7 Å². The summed E-state index contributed by atoms with van der Waals surface area (Å²) in [6.45, 7) is 4.27. The maximum absolute atomic E-state index is 12.1. The molecule has 0 amide bonds. The lowest BCUT2D eigenvalue weighted by Crippen LogP contribution is -2.47. The SMILES string of the molecule is COC(=O)c1cc([N+](=O)[O-])ccc1N1CCN(CCc2ccccc2)CC1. The summed E-state index contributed by atoms with van der Waals surface area (Å²) in [6, 6.07) is 14.8. The predicted octanol–water partition coefficient (Wildman–Crippen LogP) is 2.75. The maximum atomic E-state index is 12.1. The number of rotatable bonds is 6. The summed E-state index contributed by atoms with van der Waals surface area (Å²) in [6.07, 6.45) is 1.01. The topological polar surface area (TPSA) is 75.9 Å². The molecular formula is C20H23N3O4. The van der Waals surface area contributed by atoms with Crippen molar-refractivity contribution in [3.63, 3.8) is 0 Å². The lowest BCUT2D eigenvalue weighted by molar-refractivity contribution is -0.384. The van der Waals surface area contributed by atoms with Gasteiger partial charge in [0, 0.05) is 44.9 Å². The molecule has 0 aromatic heterocycles. The van der Waals surface area contributed by atoms with Gasteiger partial charge < -0.3 is 9.64 Å². The fraction of sp³-hybridized carbons (Fsp3) is 0.350. The third-order valence-electron chi connectivity index (χ3n) is 4.87. The van der Waals surface area contributed by atoms with Crippen molar-refractivity contribution in [2.45, 2.75) is 6.42 Å². The molecule has 2 aromatic carbocycles. The molecule has 7 nitrogen and oxygen atoms in total. The van der Waals surface area contributed by atoms with Crippen molar-refractivity contribution in [3.05, 3.63) is 69.8 Å². The second-order valence-electron chi connectivity index (χ2n) is 6.51. The molecule has 0 N–H and O–H groups in total. The molecule has 1 aliphatic rings. The van der Waals surface area contributed by atoms with Crippen LogP contribution in [0.2, 0.25) is 0 Å². The molecule has 0 radical (unpaired) electrons. The van der Waals surface area contributed by atoms with Crippen molar-refractivity contribution >= 4 is 17.3 Å². The van der Waals surface area contributed by atoms with Crippen LogP contribution in [0, 0.1) is 10.1 Å². The zero-order valence-corrected chi connectivity index (χ0v) is 15.3. The smallest absolute Gasteiger partial charge is 0.340 e. The molecule has 1 heterocycles. The standard InChI is InChI=1S/C20H23N3O4/c1-27-20(24)18-15-17(23(25)26)7-8-19(18)22-13-11-21(12-14-22)10-9-16-5-3-2-4-6-16/h2-8,15H,9-14H2,1H3. The molecule has 1 saturated heterocycles. The molecule has 0 aliphatic carbocycles. The van der Waals surface area contributed by atoms with Gasteiger partial charge in [-0.25, -0.2) is 4.79 Å². The maximum Gasteiger partial charge on any atom is 0.340 e. The molecule has 0 saturated carbocycles. The van der Waals surface area contributed by atoms with E-state index in [-0.39, 0.29) is 11.3 Å². The third-order valence-corrected chi connectivity index (χ3v) is 4.87. The number of esters is 1. The Balaban J connectivity index is 1.65. The fourth-order valence-corrected chi connectivity index (χ4v) is 3.33. The minimum absolute atomic E-state index is 0.111. The average molecular weight is 369 g/mol. The molecule has 142 valence electrons. The Labute approximate surface area is 158 Å². The number of anilines is 1. The molecule has 2 aromatic rings. The van der Waals surface area contributed by atoms with Crippen LogP contribution in [0.3, 0.4) is 0 Å². The van der Waals surface area contributed by atoms with Gasteiger partial charge in [0.15, 0.2) is 0 Å². The van der Waals surface area contributed by atoms with Crippen LogP contribution in [0.5, 0.6) is 0 Å². The van der Waals surface area contributed by atoms with E-state index in [9.17, 15) is 14.9 Å². The van der Waals surface area contributed by atoms with E-state index in [0.717, 1.165) is 39.1 Å². The second kappa shape index (κ2) is 8.64. The number of ether oxygens (including phenoxy) is 1. The number of hydrogen-bond donors (Lipinski definition) is 0. The Bertz CT molecular complexity index is 802. The highest BCUT2D eigenvalue weighted by atomic mass is 16.6. The van der Waals surface area contributed by atoms with E-state index in [0.29, 0.717) is 5.69 Å². The normalized spacial score (nSPS) is 14.8. The van der Waals surface area contributed by atoms with Gasteiger partial charge in [0.2, 0.25) is 0 Å². The first kappa shape index (κ1) is 18.8. The first-order valence-corrected chi connectivity index (χ1v) is 8.96. The van der Waals surface area contributed by atoms with Gasteiger partial charge in [-0.15, -0.1) is 0 Å².